The zero-order valence-electron chi connectivity index (χ0n) is 21.5. The summed E-state index contributed by atoms with van der Waals surface area (Å²) in [7, 11) is 0. The molecule has 2 aliphatic rings. The van der Waals surface area contributed by atoms with Crippen molar-refractivity contribution >= 4 is 58.6 Å². The van der Waals surface area contributed by atoms with E-state index in [0.29, 0.717) is 27.5 Å². The number of aliphatic carboxylic acids is 1. The van der Waals surface area contributed by atoms with Gasteiger partial charge in [-0.15, -0.1) is 11.8 Å². The van der Waals surface area contributed by atoms with Gasteiger partial charge in [0.05, 0.1) is 22.6 Å². The van der Waals surface area contributed by atoms with Crippen LogP contribution in [-0.2, 0) is 27.3 Å². The van der Waals surface area contributed by atoms with E-state index < -0.39 is 36.9 Å². The van der Waals surface area contributed by atoms with E-state index in [1.807, 2.05) is 13.0 Å². The van der Waals surface area contributed by atoms with Crippen molar-refractivity contribution in [2.45, 2.75) is 50.4 Å². The molecule has 218 valence electrons. The molecule has 3 heterocycles. The Morgan fingerprint density at radius 2 is 1.95 bits per heavy atom. The van der Waals surface area contributed by atoms with Crippen molar-refractivity contribution in [2.24, 2.45) is 0 Å². The number of nitrogens with zero attached hydrogens (tertiary/aromatic N) is 1. The molecular formula is C25H30Cl2F2N6O4S. The fraction of sp³-hybridized carbons (Fsp3) is 0.440. The smallest absolute Gasteiger partial charge is 0.320 e. The quantitative estimate of drug-likeness (QED) is 0.261. The zero-order chi connectivity index (χ0) is 29.4. The number of anilines is 1. The molecule has 4 rings (SSSR count). The van der Waals surface area contributed by atoms with Gasteiger partial charge in [-0.05, 0) is 36.2 Å². The summed E-state index contributed by atoms with van der Waals surface area (Å²) in [6.07, 6.45) is -0.310. The number of alkyl halides is 2. The molecule has 3 atom stereocenters. The van der Waals surface area contributed by atoms with Crippen molar-refractivity contribution in [1.82, 2.24) is 26.3 Å². The van der Waals surface area contributed by atoms with Gasteiger partial charge in [0, 0.05) is 36.7 Å². The molecule has 2 saturated heterocycles. The van der Waals surface area contributed by atoms with Gasteiger partial charge >= 0.3 is 5.97 Å². The van der Waals surface area contributed by atoms with Gasteiger partial charge in [0.25, 0.3) is 5.92 Å². The number of hydrogen-bond donors (Lipinski definition) is 6. The molecule has 1 aromatic carbocycles. The van der Waals surface area contributed by atoms with Crippen LogP contribution in [0.3, 0.4) is 0 Å². The van der Waals surface area contributed by atoms with E-state index in [1.54, 1.807) is 36.0 Å². The molecular weight excluding hydrogens is 589 g/mol. The monoisotopic (exact) mass is 618 g/mol. The number of nitrogens with one attached hydrogen (secondary N) is 4. The van der Waals surface area contributed by atoms with E-state index in [9.17, 15) is 23.2 Å². The first-order chi connectivity index (χ1) is 18.8. The maximum atomic E-state index is 12.9. The van der Waals surface area contributed by atoms with E-state index in [4.69, 9.17) is 34.0 Å². The zero-order valence-corrected chi connectivity index (χ0v) is 23.8. The SMILES string of the molecule is Cc1nc(N)ccc1CNC(=O)[C@@H](Cc1ccc(Cl)c(Cl)c1)NC(=O)[C@H]1CSCN1.O=C(O)[C@H]1CC(F)(F)CN1. The maximum absolute atomic E-state index is 12.9. The number of carbonyl (C=O) groups excluding carboxylic acids is 2. The molecule has 2 aromatic rings. The fourth-order valence-corrected chi connectivity index (χ4v) is 5.20. The second kappa shape index (κ2) is 14.3. The molecule has 2 fully saturated rings. The highest BCUT2D eigenvalue weighted by molar-refractivity contribution is 7.99. The number of amides is 2. The molecule has 7 N–H and O–H groups in total. The van der Waals surface area contributed by atoms with E-state index >= 15 is 0 Å². The third kappa shape index (κ3) is 9.44. The Hall–Kier alpha value is -2.71. The Kier molecular flexibility index (Phi) is 11.3. The number of hydrogen-bond acceptors (Lipinski definition) is 8. The number of aryl methyl sites for hydroxylation is 1. The molecule has 0 saturated carbocycles. The van der Waals surface area contributed by atoms with Crippen molar-refractivity contribution in [2.75, 3.05) is 23.9 Å². The van der Waals surface area contributed by atoms with Gasteiger partial charge < -0.3 is 21.5 Å². The summed E-state index contributed by atoms with van der Waals surface area (Å²) in [4.78, 5) is 39.8. The van der Waals surface area contributed by atoms with Crippen LogP contribution in [0.2, 0.25) is 10.0 Å². The molecule has 10 nitrogen and oxygen atoms in total. The fourth-order valence-electron chi connectivity index (χ4n) is 3.94. The van der Waals surface area contributed by atoms with Gasteiger partial charge in [-0.1, -0.05) is 35.3 Å². The normalized spacial score (nSPS) is 20.2. The lowest BCUT2D eigenvalue weighted by Gasteiger charge is -2.21. The first-order valence-electron chi connectivity index (χ1n) is 12.2. The van der Waals surface area contributed by atoms with Crippen molar-refractivity contribution < 1.29 is 28.3 Å². The van der Waals surface area contributed by atoms with Crippen LogP contribution in [0.15, 0.2) is 30.3 Å². The third-order valence-corrected chi connectivity index (χ3v) is 7.85. The summed E-state index contributed by atoms with van der Waals surface area (Å²) in [6, 6.07) is 6.53. The molecule has 2 aliphatic heterocycles. The van der Waals surface area contributed by atoms with Gasteiger partial charge in [-0.3, -0.25) is 25.0 Å². The number of pyridine rings is 1. The minimum Gasteiger partial charge on any atom is -0.480 e. The van der Waals surface area contributed by atoms with Crippen LogP contribution in [0.5, 0.6) is 0 Å². The molecule has 40 heavy (non-hydrogen) atoms. The minimum absolute atomic E-state index is 0.203. The van der Waals surface area contributed by atoms with Crippen LogP contribution in [0.4, 0.5) is 14.6 Å². The Bertz CT molecular complexity index is 1240. The number of carbonyl (C=O) groups is 3. The number of carboxylic acids is 1. The molecule has 0 aliphatic carbocycles. The second-order valence-electron chi connectivity index (χ2n) is 9.32. The topological polar surface area (TPSA) is 158 Å². The lowest BCUT2D eigenvalue weighted by Crippen LogP contribution is -2.52. The average molecular weight is 620 g/mol. The van der Waals surface area contributed by atoms with Gasteiger partial charge in [0.2, 0.25) is 11.8 Å². The van der Waals surface area contributed by atoms with Gasteiger partial charge in [0.1, 0.15) is 17.9 Å². The van der Waals surface area contributed by atoms with E-state index in [-0.39, 0.29) is 30.8 Å². The molecule has 0 spiro atoms. The summed E-state index contributed by atoms with van der Waals surface area (Å²) in [5.74, 6) is -2.74. The summed E-state index contributed by atoms with van der Waals surface area (Å²) in [5, 5.41) is 20.1. The van der Waals surface area contributed by atoms with Crippen molar-refractivity contribution in [3.63, 3.8) is 0 Å². The largest absolute Gasteiger partial charge is 0.480 e. The Morgan fingerprint density at radius 1 is 1.20 bits per heavy atom. The highest BCUT2D eigenvalue weighted by Gasteiger charge is 2.42. The predicted octanol–water partition coefficient (Wildman–Crippen LogP) is 2.35. The van der Waals surface area contributed by atoms with Crippen molar-refractivity contribution in [3.8, 4) is 0 Å². The number of rotatable bonds is 8. The van der Waals surface area contributed by atoms with Crippen molar-refractivity contribution in [3.05, 3.63) is 57.2 Å². The number of nitrogen functional groups attached to an aromatic ring is 1. The number of benzene rings is 1. The van der Waals surface area contributed by atoms with Gasteiger partial charge in [-0.2, -0.15) is 0 Å². The predicted molar refractivity (Wildman–Crippen MR) is 151 cm³/mol. The summed E-state index contributed by atoms with van der Waals surface area (Å²) < 4.78 is 24.5. The summed E-state index contributed by atoms with van der Waals surface area (Å²) in [6.45, 7) is 1.59. The third-order valence-electron chi connectivity index (χ3n) is 6.17. The van der Waals surface area contributed by atoms with E-state index in [0.717, 1.165) is 16.8 Å². The van der Waals surface area contributed by atoms with E-state index in [2.05, 4.69) is 26.3 Å². The standard InChI is InChI=1S/C20H23Cl2N5O2S.C5H7F2NO2/c1-11-13(3-5-18(23)26-11)8-24-19(28)16(27-20(29)17-9-30-10-25-17)7-12-2-4-14(21)15(22)6-12;6-5(7)1-3(4(9)10)8-2-5/h2-6,16-17,25H,7-10H2,1H3,(H2,23,26)(H,24,28)(H,27,29);3,8H,1-2H2,(H,9,10)/t16-,17-;3-/m11/s1. The number of thioether (sulfide) groups is 1. The molecule has 0 bridgehead atoms. The summed E-state index contributed by atoms with van der Waals surface area (Å²) in [5.41, 5.74) is 8.07. The minimum atomic E-state index is -2.84. The molecule has 2 amide bonds. The number of nitrogens with two attached hydrogens (primary N) is 1. The first kappa shape index (κ1) is 31.8. The second-order valence-corrected chi connectivity index (χ2v) is 11.2. The summed E-state index contributed by atoms with van der Waals surface area (Å²) >= 11 is 13.7. The van der Waals surface area contributed by atoms with Crippen LogP contribution in [-0.4, -0.2) is 70.1 Å². The van der Waals surface area contributed by atoms with Gasteiger partial charge in [0.15, 0.2) is 0 Å². The first-order valence-corrected chi connectivity index (χ1v) is 14.1. The lowest BCUT2D eigenvalue weighted by molar-refractivity contribution is -0.139. The molecule has 0 radical (unpaired) electrons. The molecule has 0 unspecified atom stereocenters. The Morgan fingerprint density at radius 3 is 2.50 bits per heavy atom. The number of aromatic nitrogens is 1. The highest BCUT2D eigenvalue weighted by Crippen LogP contribution is 2.25. The highest BCUT2D eigenvalue weighted by atomic mass is 35.5. The van der Waals surface area contributed by atoms with Gasteiger partial charge in [-0.25, -0.2) is 13.8 Å². The van der Waals surface area contributed by atoms with Crippen LogP contribution in [0.25, 0.3) is 0 Å². The van der Waals surface area contributed by atoms with E-state index in [1.165, 1.54) is 0 Å². The van der Waals surface area contributed by atoms with Crippen LogP contribution in [0, 0.1) is 6.92 Å². The molecule has 1 aromatic heterocycles. The Labute approximate surface area is 244 Å². The average Bonchev–Trinajstić information content (AvgIpc) is 3.55. The Balaban J connectivity index is 0.000000371. The number of carboxylic acid groups (broad SMARTS) is 1. The number of halogens is 4. The van der Waals surface area contributed by atoms with Crippen LogP contribution >= 0.6 is 35.0 Å². The van der Waals surface area contributed by atoms with Crippen LogP contribution < -0.4 is 27.0 Å². The van der Waals surface area contributed by atoms with Crippen LogP contribution in [0.1, 0.15) is 23.2 Å². The van der Waals surface area contributed by atoms with Crippen molar-refractivity contribution in [1.29, 1.82) is 0 Å². The maximum Gasteiger partial charge on any atom is 0.320 e. The lowest BCUT2D eigenvalue weighted by atomic mass is 10.0. The molecule has 15 heteroatoms.